The largest absolute Gasteiger partial charge is 0.508 e. The first-order valence-corrected chi connectivity index (χ1v) is 9.63. The molecule has 1 aromatic carbocycles. The smallest absolute Gasteiger partial charge is 0.229 e. The number of rotatable bonds is 4. The summed E-state index contributed by atoms with van der Waals surface area (Å²) in [6.45, 7) is -0.657. The fraction of sp³-hybridized carbons (Fsp3) is 0.333. The number of hydrogen-bond donors (Lipinski definition) is 8. The molecule has 0 aromatic heterocycles. The molecule has 0 saturated carbocycles. The van der Waals surface area contributed by atoms with Crippen LogP contribution in [0.1, 0.15) is 5.56 Å². The molecule has 1 aromatic rings. The molecule has 8 N–H and O–H groups in total. The van der Waals surface area contributed by atoms with Gasteiger partial charge < -0.3 is 55.1 Å². The first-order valence-electron chi connectivity index (χ1n) is 9.63. The number of benzene rings is 1. The Labute approximate surface area is 181 Å². The van der Waals surface area contributed by atoms with Crippen molar-refractivity contribution < 1.29 is 55.1 Å². The maximum Gasteiger partial charge on any atom is 0.229 e. The van der Waals surface area contributed by atoms with Crippen molar-refractivity contribution in [1.82, 2.24) is 0 Å². The minimum Gasteiger partial charge on any atom is -0.508 e. The molecule has 4 rings (SSSR count). The number of fused-ring (bicyclic) bond motifs is 1. The van der Waals surface area contributed by atoms with Crippen LogP contribution < -0.4 is 0 Å². The monoisotopic (exact) mass is 450 g/mol. The second-order valence-electron chi connectivity index (χ2n) is 7.46. The van der Waals surface area contributed by atoms with Gasteiger partial charge in [0.2, 0.25) is 6.29 Å². The summed E-state index contributed by atoms with van der Waals surface area (Å²) in [4.78, 5) is 0. The number of allylic oxidation sites excluding steroid dienone is 2. The summed E-state index contributed by atoms with van der Waals surface area (Å²) in [5.41, 5.74) is 0.425. The molecule has 6 atom stereocenters. The van der Waals surface area contributed by atoms with Gasteiger partial charge in [0.05, 0.1) is 6.61 Å². The summed E-state index contributed by atoms with van der Waals surface area (Å²) in [6, 6.07) is 3.78. The second-order valence-corrected chi connectivity index (χ2v) is 7.46. The van der Waals surface area contributed by atoms with Gasteiger partial charge in [-0.15, -0.1) is 0 Å². The Hall–Kier alpha value is -3.06. The highest BCUT2D eigenvalue weighted by molar-refractivity contribution is 5.71. The highest BCUT2D eigenvalue weighted by atomic mass is 16.7. The third kappa shape index (κ3) is 3.93. The summed E-state index contributed by atoms with van der Waals surface area (Å²) in [5, 5.41) is 79.3. The molecular weight excluding hydrogens is 428 g/mol. The van der Waals surface area contributed by atoms with Crippen LogP contribution in [-0.4, -0.2) is 84.3 Å². The zero-order valence-corrected chi connectivity index (χ0v) is 16.4. The Bertz CT molecular complexity index is 1020. The fourth-order valence-electron chi connectivity index (χ4n) is 3.52. The molecule has 1 aliphatic carbocycles. The van der Waals surface area contributed by atoms with Crippen molar-refractivity contribution in [2.75, 3.05) is 6.61 Å². The van der Waals surface area contributed by atoms with Gasteiger partial charge in [0.25, 0.3) is 0 Å². The van der Waals surface area contributed by atoms with Gasteiger partial charge in [-0.2, -0.15) is 0 Å². The quantitative estimate of drug-likeness (QED) is 0.269. The van der Waals surface area contributed by atoms with Gasteiger partial charge in [0.15, 0.2) is 23.0 Å². The van der Waals surface area contributed by atoms with Crippen LogP contribution in [0.15, 0.2) is 59.3 Å². The topological polar surface area (TPSA) is 190 Å². The molecule has 0 radical (unpaired) electrons. The number of hydrogen-bond acceptors (Lipinski definition) is 11. The Morgan fingerprint density at radius 1 is 0.906 bits per heavy atom. The van der Waals surface area contributed by atoms with E-state index in [-0.39, 0.29) is 39.9 Å². The van der Waals surface area contributed by atoms with Crippen LogP contribution in [0.4, 0.5) is 0 Å². The van der Waals surface area contributed by atoms with E-state index in [1.807, 2.05) is 0 Å². The molecule has 6 unspecified atom stereocenters. The second kappa shape index (κ2) is 8.47. The Kier molecular flexibility index (Phi) is 5.86. The van der Waals surface area contributed by atoms with E-state index in [0.717, 1.165) is 6.08 Å². The lowest BCUT2D eigenvalue weighted by molar-refractivity contribution is -0.290. The summed E-state index contributed by atoms with van der Waals surface area (Å²) in [7, 11) is 0. The average molecular weight is 450 g/mol. The Balaban J connectivity index is 1.76. The predicted octanol–water partition coefficient (Wildman–Crippen LogP) is -0.760. The van der Waals surface area contributed by atoms with Crippen molar-refractivity contribution in [3.63, 3.8) is 0 Å². The predicted molar refractivity (Wildman–Crippen MR) is 106 cm³/mol. The van der Waals surface area contributed by atoms with Gasteiger partial charge in [-0.25, -0.2) is 0 Å². The molecule has 172 valence electrons. The number of aliphatic hydroxyl groups excluding tert-OH is 6. The average Bonchev–Trinajstić information content (AvgIpc) is 2.76. The van der Waals surface area contributed by atoms with Crippen molar-refractivity contribution in [1.29, 1.82) is 0 Å². The van der Waals surface area contributed by atoms with Crippen molar-refractivity contribution in [3.8, 4) is 11.5 Å². The minimum atomic E-state index is -1.70. The van der Waals surface area contributed by atoms with Crippen LogP contribution in [0, 0.1) is 0 Å². The van der Waals surface area contributed by atoms with Gasteiger partial charge in [0.1, 0.15) is 42.0 Å². The zero-order valence-electron chi connectivity index (χ0n) is 16.4. The third-order valence-electron chi connectivity index (χ3n) is 5.26. The molecule has 11 nitrogen and oxygen atoms in total. The number of ether oxygens (including phenoxy) is 3. The summed E-state index contributed by atoms with van der Waals surface area (Å²) >= 11 is 0. The molecule has 1 saturated heterocycles. The molecule has 0 amide bonds. The molecule has 11 heteroatoms. The lowest BCUT2D eigenvalue weighted by Crippen LogP contribution is -2.59. The first kappa shape index (κ1) is 22.1. The standard InChI is InChI=1S/C21H22O11/c22-7-16-17(27)18(28)19(29)21(32-16)31-15-6-10-12(25)4-9(23)5-14(10)30-20(15)8-1-2-11(24)13(26)3-8/h1-6,12,16-19,21-29H,7H2. The van der Waals surface area contributed by atoms with E-state index in [0.29, 0.717) is 0 Å². The van der Waals surface area contributed by atoms with E-state index < -0.39 is 49.2 Å². The molecule has 2 heterocycles. The molecule has 0 spiro atoms. The molecule has 2 aliphatic heterocycles. The lowest BCUT2D eigenvalue weighted by atomic mass is 9.97. The van der Waals surface area contributed by atoms with Gasteiger partial charge in [0, 0.05) is 17.2 Å². The summed E-state index contributed by atoms with van der Waals surface area (Å²) < 4.78 is 16.9. The highest BCUT2D eigenvalue weighted by Crippen LogP contribution is 2.40. The fourth-order valence-corrected chi connectivity index (χ4v) is 3.52. The van der Waals surface area contributed by atoms with E-state index in [1.165, 1.54) is 30.4 Å². The van der Waals surface area contributed by atoms with Crippen molar-refractivity contribution in [3.05, 3.63) is 64.8 Å². The summed E-state index contributed by atoms with van der Waals surface area (Å²) in [6.07, 6.45) is -5.22. The minimum absolute atomic E-state index is 0.0332. The zero-order chi connectivity index (χ0) is 23.2. The van der Waals surface area contributed by atoms with E-state index in [1.54, 1.807) is 0 Å². The van der Waals surface area contributed by atoms with Crippen molar-refractivity contribution in [2.45, 2.75) is 36.8 Å². The van der Waals surface area contributed by atoms with E-state index in [2.05, 4.69) is 0 Å². The van der Waals surface area contributed by atoms with Crippen molar-refractivity contribution >= 4 is 5.76 Å². The van der Waals surface area contributed by atoms with Crippen LogP contribution in [0.3, 0.4) is 0 Å². The highest BCUT2D eigenvalue weighted by Gasteiger charge is 2.45. The van der Waals surface area contributed by atoms with Crippen molar-refractivity contribution in [2.24, 2.45) is 0 Å². The maximum absolute atomic E-state index is 10.3. The molecule has 1 fully saturated rings. The van der Waals surface area contributed by atoms with E-state index in [9.17, 15) is 40.9 Å². The molecule has 3 aliphatic rings. The number of aromatic hydroxyl groups is 2. The molecule has 32 heavy (non-hydrogen) atoms. The number of phenolic OH excluding ortho intramolecular Hbond substituents is 2. The van der Waals surface area contributed by atoms with Crippen LogP contribution in [-0.2, 0) is 14.2 Å². The molecule has 0 bridgehead atoms. The van der Waals surface area contributed by atoms with Crippen LogP contribution >= 0.6 is 0 Å². The van der Waals surface area contributed by atoms with Gasteiger partial charge in [-0.1, -0.05) is 0 Å². The van der Waals surface area contributed by atoms with Crippen LogP contribution in [0.2, 0.25) is 0 Å². The summed E-state index contributed by atoms with van der Waals surface area (Å²) in [5.74, 6) is -1.13. The molecular formula is C21H22O11. The third-order valence-corrected chi connectivity index (χ3v) is 5.26. The first-order chi connectivity index (χ1) is 15.2. The SMILES string of the molecule is OCC1OC(OC2=C(c3ccc(O)c(O)c3)OC3=CC(O)=CC(O)C3=C2)C(O)C(O)C1O. The number of phenols is 2. The maximum atomic E-state index is 10.3. The lowest BCUT2D eigenvalue weighted by Gasteiger charge is -2.40. The van der Waals surface area contributed by atoms with Gasteiger partial charge in [-0.05, 0) is 30.4 Å². The van der Waals surface area contributed by atoms with E-state index in [4.69, 9.17) is 14.2 Å². The van der Waals surface area contributed by atoms with Crippen LogP contribution in [0.25, 0.3) is 5.76 Å². The van der Waals surface area contributed by atoms with Crippen LogP contribution in [0.5, 0.6) is 11.5 Å². The normalized spacial score (nSPS) is 32.3. The van der Waals surface area contributed by atoms with Gasteiger partial charge >= 0.3 is 0 Å². The Morgan fingerprint density at radius 3 is 2.34 bits per heavy atom. The van der Waals surface area contributed by atoms with Gasteiger partial charge in [-0.3, -0.25) is 0 Å². The number of aliphatic hydroxyl groups is 6. The van der Waals surface area contributed by atoms with E-state index >= 15 is 0 Å². The Morgan fingerprint density at radius 2 is 1.66 bits per heavy atom.